The van der Waals surface area contributed by atoms with E-state index in [9.17, 15) is 0 Å². The summed E-state index contributed by atoms with van der Waals surface area (Å²) in [6.45, 7) is 4.98. The molecule has 0 radical (unpaired) electrons. The summed E-state index contributed by atoms with van der Waals surface area (Å²) in [5, 5.41) is 0. The van der Waals surface area contributed by atoms with Crippen LogP contribution in [0, 0.1) is 11.8 Å². The van der Waals surface area contributed by atoms with Crippen molar-refractivity contribution in [2.75, 3.05) is 13.1 Å². The molecule has 4 unspecified atom stereocenters. The number of piperidine rings is 1. The minimum atomic E-state index is 0.290. The van der Waals surface area contributed by atoms with E-state index in [0.717, 1.165) is 17.9 Å². The van der Waals surface area contributed by atoms with Crippen LogP contribution < -0.4 is 0 Å². The first-order valence-electron chi connectivity index (χ1n) is 8.74. The molecule has 0 amide bonds. The van der Waals surface area contributed by atoms with Gasteiger partial charge in [0.1, 0.15) is 0 Å². The van der Waals surface area contributed by atoms with Gasteiger partial charge in [-0.1, -0.05) is 31.5 Å². The Hall–Kier alpha value is -1.15. The van der Waals surface area contributed by atoms with Crippen LogP contribution in [-0.4, -0.2) is 29.7 Å². The fourth-order valence-electron chi connectivity index (χ4n) is 5.92. The standard InChI is InChI=1S/C19H24N2/c1-2-13-11-14-7-8-17-19(9-10-21(12-13)18(14)19)15-5-3-4-6-16(15)20-17/h3-6,13-14,18H,2,7-12H2,1H3. The first-order valence-corrected chi connectivity index (χ1v) is 8.74. The van der Waals surface area contributed by atoms with Gasteiger partial charge in [-0.25, -0.2) is 0 Å². The Morgan fingerprint density at radius 3 is 3.14 bits per heavy atom. The molecule has 5 rings (SSSR count). The average Bonchev–Trinajstić information content (AvgIpc) is 3.07. The van der Waals surface area contributed by atoms with Crippen LogP contribution in [0.25, 0.3) is 0 Å². The number of nitrogens with zero attached hydrogens (tertiary/aromatic N) is 2. The minimum absolute atomic E-state index is 0.290. The van der Waals surface area contributed by atoms with Crippen molar-refractivity contribution in [3.63, 3.8) is 0 Å². The van der Waals surface area contributed by atoms with Crippen LogP contribution in [0.1, 0.15) is 44.6 Å². The highest BCUT2D eigenvalue weighted by Gasteiger charge is 2.60. The lowest BCUT2D eigenvalue weighted by Crippen LogP contribution is -2.57. The molecule has 1 aliphatic carbocycles. The molecule has 3 fully saturated rings. The van der Waals surface area contributed by atoms with Gasteiger partial charge in [0.15, 0.2) is 0 Å². The first-order chi connectivity index (χ1) is 10.3. The molecule has 4 aliphatic rings. The molecule has 1 spiro atoms. The maximum atomic E-state index is 5.06. The van der Waals surface area contributed by atoms with Crippen molar-refractivity contribution in [2.45, 2.75) is 50.5 Å². The van der Waals surface area contributed by atoms with Crippen molar-refractivity contribution in [3.8, 4) is 0 Å². The average molecular weight is 280 g/mol. The summed E-state index contributed by atoms with van der Waals surface area (Å²) in [7, 11) is 0. The number of hydrogen-bond acceptors (Lipinski definition) is 2. The molecule has 3 heterocycles. The maximum Gasteiger partial charge on any atom is 0.0671 e. The quantitative estimate of drug-likeness (QED) is 0.761. The Morgan fingerprint density at radius 1 is 1.33 bits per heavy atom. The molecular formula is C19H24N2. The van der Waals surface area contributed by atoms with Gasteiger partial charge in [-0.05, 0) is 55.7 Å². The molecule has 1 saturated carbocycles. The number of aliphatic imine (C=N–C) groups is 1. The van der Waals surface area contributed by atoms with E-state index in [-0.39, 0.29) is 5.41 Å². The predicted octanol–water partition coefficient (Wildman–Crippen LogP) is 3.92. The molecule has 0 N–H and O–H groups in total. The molecule has 2 nitrogen and oxygen atoms in total. The van der Waals surface area contributed by atoms with Crippen LogP contribution in [0.2, 0.25) is 0 Å². The predicted molar refractivity (Wildman–Crippen MR) is 86.3 cm³/mol. The van der Waals surface area contributed by atoms with Gasteiger partial charge >= 0.3 is 0 Å². The van der Waals surface area contributed by atoms with Crippen molar-refractivity contribution in [1.82, 2.24) is 4.90 Å². The van der Waals surface area contributed by atoms with Gasteiger partial charge in [-0.3, -0.25) is 9.89 Å². The Balaban J connectivity index is 1.64. The molecule has 2 heteroatoms. The molecule has 1 aromatic carbocycles. The van der Waals surface area contributed by atoms with Crippen molar-refractivity contribution in [2.24, 2.45) is 16.8 Å². The van der Waals surface area contributed by atoms with Gasteiger partial charge < -0.3 is 0 Å². The van der Waals surface area contributed by atoms with Gasteiger partial charge in [0.25, 0.3) is 0 Å². The zero-order valence-corrected chi connectivity index (χ0v) is 12.9. The molecule has 2 saturated heterocycles. The maximum absolute atomic E-state index is 5.06. The Kier molecular flexibility index (Phi) is 2.48. The van der Waals surface area contributed by atoms with E-state index < -0.39 is 0 Å². The summed E-state index contributed by atoms with van der Waals surface area (Å²) in [5.74, 6) is 1.83. The molecule has 4 atom stereocenters. The lowest BCUT2D eigenvalue weighted by Gasteiger charge is -2.50. The summed E-state index contributed by atoms with van der Waals surface area (Å²) in [6.07, 6.45) is 6.71. The van der Waals surface area contributed by atoms with E-state index in [1.54, 1.807) is 5.56 Å². The van der Waals surface area contributed by atoms with Crippen molar-refractivity contribution in [3.05, 3.63) is 29.8 Å². The normalized spacial score (nSPS) is 40.4. The van der Waals surface area contributed by atoms with E-state index in [1.807, 2.05) is 0 Å². The fourth-order valence-corrected chi connectivity index (χ4v) is 5.92. The fraction of sp³-hybridized carbons (Fsp3) is 0.632. The van der Waals surface area contributed by atoms with Crippen molar-refractivity contribution < 1.29 is 0 Å². The van der Waals surface area contributed by atoms with Crippen LogP contribution in [-0.2, 0) is 5.41 Å². The molecule has 1 aromatic rings. The van der Waals surface area contributed by atoms with Gasteiger partial charge in [0.2, 0.25) is 0 Å². The second-order valence-corrected chi connectivity index (χ2v) is 7.55. The van der Waals surface area contributed by atoms with E-state index in [4.69, 9.17) is 4.99 Å². The molecule has 0 aromatic heterocycles. The minimum Gasteiger partial charge on any atom is -0.299 e. The van der Waals surface area contributed by atoms with E-state index in [1.165, 1.54) is 56.6 Å². The van der Waals surface area contributed by atoms with Gasteiger partial charge in [0, 0.05) is 18.3 Å². The third-order valence-electron chi connectivity index (χ3n) is 6.75. The van der Waals surface area contributed by atoms with Gasteiger partial charge in [-0.15, -0.1) is 0 Å². The summed E-state index contributed by atoms with van der Waals surface area (Å²) >= 11 is 0. The summed E-state index contributed by atoms with van der Waals surface area (Å²) in [5.41, 5.74) is 4.63. The van der Waals surface area contributed by atoms with Crippen molar-refractivity contribution >= 4 is 11.4 Å². The van der Waals surface area contributed by atoms with Gasteiger partial charge in [-0.2, -0.15) is 0 Å². The molecular weight excluding hydrogens is 256 g/mol. The molecule has 3 aliphatic heterocycles. The summed E-state index contributed by atoms with van der Waals surface area (Å²) in [4.78, 5) is 7.90. The highest BCUT2D eigenvalue weighted by Crippen LogP contribution is 2.57. The van der Waals surface area contributed by atoms with Crippen LogP contribution in [0.15, 0.2) is 29.3 Å². The monoisotopic (exact) mass is 280 g/mol. The number of fused-ring (bicyclic) bond motifs is 1. The van der Waals surface area contributed by atoms with Crippen LogP contribution in [0.3, 0.4) is 0 Å². The highest BCUT2D eigenvalue weighted by molar-refractivity contribution is 6.03. The van der Waals surface area contributed by atoms with E-state index in [2.05, 4.69) is 36.1 Å². The smallest absolute Gasteiger partial charge is 0.0671 e. The number of rotatable bonds is 1. The Labute approximate surface area is 127 Å². The Morgan fingerprint density at radius 2 is 2.24 bits per heavy atom. The highest BCUT2D eigenvalue weighted by atomic mass is 15.2. The Bertz CT molecular complexity index is 620. The summed E-state index contributed by atoms with van der Waals surface area (Å²) in [6, 6.07) is 9.70. The first kappa shape index (κ1) is 12.4. The SMILES string of the molecule is CCC1CC2CCC3=Nc4ccccc4C34CCN(C1)C24. The molecule has 21 heavy (non-hydrogen) atoms. The van der Waals surface area contributed by atoms with E-state index >= 15 is 0 Å². The molecule has 0 bridgehead atoms. The molecule has 110 valence electrons. The van der Waals surface area contributed by atoms with Gasteiger partial charge in [0.05, 0.1) is 11.1 Å². The zero-order valence-electron chi connectivity index (χ0n) is 12.9. The van der Waals surface area contributed by atoms with Crippen LogP contribution in [0.5, 0.6) is 0 Å². The van der Waals surface area contributed by atoms with Crippen LogP contribution >= 0.6 is 0 Å². The second kappa shape index (κ2) is 4.19. The number of benzene rings is 1. The topological polar surface area (TPSA) is 15.6 Å². The second-order valence-electron chi connectivity index (χ2n) is 7.55. The van der Waals surface area contributed by atoms with E-state index in [0.29, 0.717) is 0 Å². The lowest BCUT2D eigenvalue weighted by atomic mass is 9.59. The zero-order chi connectivity index (χ0) is 14.0. The number of hydrogen-bond donors (Lipinski definition) is 0. The number of para-hydroxylation sites is 1. The lowest BCUT2D eigenvalue weighted by molar-refractivity contribution is 0.0591. The van der Waals surface area contributed by atoms with Crippen molar-refractivity contribution in [1.29, 1.82) is 0 Å². The third-order valence-corrected chi connectivity index (χ3v) is 6.75. The largest absolute Gasteiger partial charge is 0.299 e. The third kappa shape index (κ3) is 1.45. The summed E-state index contributed by atoms with van der Waals surface area (Å²) < 4.78 is 0. The van der Waals surface area contributed by atoms with Crippen LogP contribution in [0.4, 0.5) is 5.69 Å².